The Morgan fingerprint density at radius 2 is 1.71 bits per heavy atom. The number of imidazole rings is 1. The number of primary amides is 1. The highest BCUT2D eigenvalue weighted by atomic mass is 32.2. The first-order chi connectivity index (χ1) is 23.1. The molecule has 10 atom stereocenters. The summed E-state index contributed by atoms with van der Waals surface area (Å²) in [5.74, 6) is 2.16. The maximum absolute atomic E-state index is 12.6. The Labute approximate surface area is 281 Å². The molecular weight excluding hydrogens is 714 g/mol. The predicted octanol–water partition coefficient (Wildman–Crippen LogP) is -1.30. The molecule has 0 bridgehead atoms. The Bertz CT molecular complexity index is 1830. The van der Waals surface area contributed by atoms with Crippen molar-refractivity contribution >= 4 is 50.2 Å². The minimum absolute atomic E-state index is 0.0669. The van der Waals surface area contributed by atoms with Crippen LogP contribution in [0.2, 0.25) is 0 Å². The number of hydrogen-bond acceptors (Lipinski definition) is 16. The smallest absolute Gasteiger partial charge is 0.397 e. The second-order valence-corrected chi connectivity index (χ2v) is 14.9. The van der Waals surface area contributed by atoms with E-state index in [0.717, 1.165) is 0 Å². The summed E-state index contributed by atoms with van der Waals surface area (Å²) in [7, 11) is -10.8. The number of hydrogen-bond donors (Lipinski definition) is 8. The first-order valence-electron chi connectivity index (χ1n) is 14.3. The molecule has 2 fully saturated rings. The molecule has 0 saturated carbocycles. The van der Waals surface area contributed by atoms with Gasteiger partial charge in [-0.25, -0.2) is 19.1 Å². The molecule has 3 aromatic heterocycles. The molecule has 3 aromatic rings. The van der Waals surface area contributed by atoms with E-state index in [9.17, 15) is 44.1 Å². The minimum atomic E-state index is -5.41. The van der Waals surface area contributed by atoms with E-state index in [0.29, 0.717) is 22.8 Å². The Balaban J connectivity index is 1.20. The number of nitrogens with two attached hydrogens (primary N) is 2. The normalized spacial score (nSPS) is 29.4. The SMILES string of the molecule is C#CCCSc1nc2c(N)ccnc2n1[C@@H]1O[C@H](COP(=O)(O)OP(=O)(O)OC[C@H]2O[C@@H]([n+]3cccc(C(N)=O)c3)C(O)C2O)[C@H](O)C1O. The van der Waals surface area contributed by atoms with Crippen molar-refractivity contribution in [3.63, 3.8) is 0 Å². The average molecular weight is 748 g/mol. The van der Waals surface area contributed by atoms with Gasteiger partial charge >= 0.3 is 15.6 Å². The van der Waals surface area contributed by atoms with Gasteiger partial charge in [0.2, 0.25) is 0 Å². The summed E-state index contributed by atoms with van der Waals surface area (Å²) < 4.78 is 52.9. The fourth-order valence-corrected chi connectivity index (χ4v) is 8.00. The number of phosphoric acid groups is 2. The third-order valence-corrected chi connectivity index (χ3v) is 11.0. The fourth-order valence-electron chi connectivity index (χ4n) is 5.02. The van der Waals surface area contributed by atoms with Crippen LogP contribution in [0.4, 0.5) is 5.69 Å². The number of aliphatic hydroxyl groups is 4. The van der Waals surface area contributed by atoms with Crippen LogP contribution in [-0.4, -0.2) is 106 Å². The maximum atomic E-state index is 12.6. The molecule has 5 heterocycles. The van der Waals surface area contributed by atoms with Crippen LogP contribution < -0.4 is 16.0 Å². The molecule has 2 aliphatic rings. The van der Waals surface area contributed by atoms with E-state index < -0.39 is 83.8 Å². The summed E-state index contributed by atoms with van der Waals surface area (Å²) in [6, 6.07) is 4.36. The number of carbonyl (C=O) groups is 1. The molecule has 0 radical (unpaired) electrons. The van der Waals surface area contributed by atoms with Crippen LogP contribution in [0, 0.1) is 12.3 Å². The van der Waals surface area contributed by atoms with Gasteiger partial charge in [-0.05, 0) is 12.1 Å². The highest BCUT2D eigenvalue weighted by molar-refractivity contribution is 7.99. The lowest BCUT2D eigenvalue weighted by molar-refractivity contribution is -0.765. The van der Waals surface area contributed by atoms with Gasteiger partial charge in [-0.15, -0.1) is 12.3 Å². The van der Waals surface area contributed by atoms with E-state index in [1.165, 1.54) is 57.7 Å². The Hall–Kier alpha value is -3.03. The van der Waals surface area contributed by atoms with Gasteiger partial charge in [0.05, 0.1) is 18.9 Å². The second kappa shape index (κ2) is 15.1. The number of carbonyl (C=O) groups excluding carboxylic acids is 1. The fraction of sp³-hybridized carbons (Fsp3) is 0.462. The molecule has 5 unspecified atom stereocenters. The summed E-state index contributed by atoms with van der Waals surface area (Å²) in [5.41, 5.74) is 12.2. The molecule has 0 spiro atoms. The topological polar surface area (TPSA) is 305 Å². The number of nitrogens with zero attached hydrogens (tertiary/aromatic N) is 4. The van der Waals surface area contributed by atoms with Crippen molar-refractivity contribution in [3.05, 3.63) is 42.4 Å². The van der Waals surface area contributed by atoms with Gasteiger partial charge in [0.1, 0.15) is 41.6 Å². The molecule has 20 nitrogen and oxygen atoms in total. The average Bonchev–Trinajstić information content (AvgIpc) is 3.65. The van der Waals surface area contributed by atoms with Crippen molar-refractivity contribution in [3.8, 4) is 12.3 Å². The van der Waals surface area contributed by atoms with E-state index in [1.807, 2.05) is 0 Å². The largest absolute Gasteiger partial charge is 0.481 e. The number of rotatable bonds is 14. The second-order valence-electron chi connectivity index (χ2n) is 10.7. The Kier molecular flexibility index (Phi) is 11.4. The van der Waals surface area contributed by atoms with Gasteiger partial charge in [0.15, 0.2) is 35.5 Å². The summed E-state index contributed by atoms with van der Waals surface area (Å²) in [5, 5.41) is 42.7. The third kappa shape index (κ3) is 8.31. The number of aromatic nitrogens is 4. The van der Waals surface area contributed by atoms with Crippen molar-refractivity contribution < 1.29 is 71.5 Å². The molecular formula is C26H33N6O14P2S+. The third-order valence-electron chi connectivity index (χ3n) is 7.40. The molecule has 49 heavy (non-hydrogen) atoms. The number of fused-ring (bicyclic) bond motifs is 1. The zero-order valence-electron chi connectivity index (χ0n) is 25.2. The predicted molar refractivity (Wildman–Crippen MR) is 166 cm³/mol. The molecule has 0 aromatic carbocycles. The van der Waals surface area contributed by atoms with Gasteiger partial charge in [-0.2, -0.15) is 8.88 Å². The first-order valence-corrected chi connectivity index (χ1v) is 18.3. The van der Waals surface area contributed by atoms with Crippen molar-refractivity contribution in [2.24, 2.45) is 5.73 Å². The van der Waals surface area contributed by atoms with E-state index in [-0.39, 0.29) is 16.9 Å². The van der Waals surface area contributed by atoms with Crippen molar-refractivity contribution in [2.75, 3.05) is 24.7 Å². The number of aliphatic hydroxyl groups excluding tert-OH is 4. The van der Waals surface area contributed by atoms with E-state index in [4.69, 9.17) is 36.4 Å². The maximum Gasteiger partial charge on any atom is 0.481 e. The van der Waals surface area contributed by atoms with Crippen LogP contribution in [0.5, 0.6) is 0 Å². The van der Waals surface area contributed by atoms with E-state index in [2.05, 4.69) is 20.2 Å². The molecule has 10 N–H and O–H groups in total. The standard InChI is InChI=1S/C26H32N6O14P2S/c1-2-3-9-49-26-30-17-14(27)6-7-29-23(17)32(26)25-21(36)19(34)16(45-25)12-43-48(40,41)46-47(38,39)42-11-15-18(33)20(35)24(44-15)31-8-4-5-13(10-31)22(28)37/h1,4-8,10,15-16,18-21,24-25,33-36H,3,9,11-12H2,(H5-,27,28,29,37,38,39,40,41)/p+1/t15-,16-,18?,19+,20?,21?,24-,25-/m1/s1. The number of thioether (sulfide) groups is 1. The van der Waals surface area contributed by atoms with Crippen LogP contribution in [0.3, 0.4) is 0 Å². The Morgan fingerprint density at radius 3 is 2.37 bits per heavy atom. The van der Waals surface area contributed by atoms with Gasteiger partial charge in [0.25, 0.3) is 12.1 Å². The number of phosphoric ester groups is 2. The first kappa shape index (κ1) is 37.2. The molecule has 1 amide bonds. The van der Waals surface area contributed by atoms with Crippen LogP contribution in [0.15, 0.2) is 41.9 Å². The molecule has 23 heteroatoms. The quantitative estimate of drug-likeness (QED) is 0.0313. The zero-order valence-corrected chi connectivity index (χ0v) is 27.8. The van der Waals surface area contributed by atoms with Crippen LogP contribution in [-0.2, 0) is 32.0 Å². The molecule has 2 aliphatic heterocycles. The molecule has 0 aliphatic carbocycles. The van der Waals surface area contributed by atoms with Crippen LogP contribution in [0.25, 0.3) is 11.2 Å². The molecule has 266 valence electrons. The number of ether oxygens (including phenoxy) is 2. The number of pyridine rings is 2. The number of nitrogen functional groups attached to an aromatic ring is 1. The lowest BCUT2D eigenvalue weighted by Crippen LogP contribution is -2.46. The van der Waals surface area contributed by atoms with Crippen molar-refractivity contribution in [2.45, 2.75) is 60.7 Å². The Morgan fingerprint density at radius 1 is 1.06 bits per heavy atom. The van der Waals surface area contributed by atoms with E-state index in [1.54, 1.807) is 0 Å². The molecule has 5 rings (SSSR count). The number of amides is 1. The van der Waals surface area contributed by atoms with Gasteiger partial charge < -0.3 is 51.2 Å². The van der Waals surface area contributed by atoms with E-state index >= 15 is 0 Å². The van der Waals surface area contributed by atoms with Crippen molar-refractivity contribution in [1.29, 1.82) is 0 Å². The lowest BCUT2D eigenvalue weighted by Gasteiger charge is -2.20. The van der Waals surface area contributed by atoms with Gasteiger partial charge in [0, 0.05) is 24.4 Å². The van der Waals surface area contributed by atoms with Crippen molar-refractivity contribution in [1.82, 2.24) is 14.5 Å². The number of anilines is 1. The van der Waals surface area contributed by atoms with Gasteiger partial charge in [-0.3, -0.25) is 18.4 Å². The summed E-state index contributed by atoms with van der Waals surface area (Å²) in [4.78, 5) is 40.5. The summed E-state index contributed by atoms with van der Waals surface area (Å²) in [6.07, 6.45) is -2.26. The minimum Gasteiger partial charge on any atom is -0.397 e. The van der Waals surface area contributed by atoms with Gasteiger partial charge in [-0.1, -0.05) is 11.8 Å². The summed E-state index contributed by atoms with van der Waals surface area (Å²) in [6.45, 7) is -1.82. The molecule has 2 saturated heterocycles. The lowest BCUT2D eigenvalue weighted by atomic mass is 10.1. The van der Waals surface area contributed by atoms with Crippen LogP contribution in [0.1, 0.15) is 29.2 Å². The monoisotopic (exact) mass is 747 g/mol. The summed E-state index contributed by atoms with van der Waals surface area (Å²) >= 11 is 1.21. The highest BCUT2D eigenvalue weighted by Crippen LogP contribution is 2.60. The zero-order chi connectivity index (χ0) is 35.7. The van der Waals surface area contributed by atoms with Crippen LogP contribution >= 0.6 is 27.4 Å². The highest BCUT2D eigenvalue weighted by Gasteiger charge is 2.50. The number of terminal acetylenes is 1.